The number of aliphatic carboxylic acids is 1. The number of piperidine rings is 1. The molecule has 2 heterocycles. The van der Waals surface area contributed by atoms with Crippen molar-refractivity contribution in [2.24, 2.45) is 0 Å². The first-order valence-corrected chi connectivity index (χ1v) is 7.40. The Labute approximate surface area is 123 Å². The van der Waals surface area contributed by atoms with Gasteiger partial charge in [0.2, 0.25) is 5.91 Å². The first kappa shape index (κ1) is 15.5. The van der Waals surface area contributed by atoms with E-state index in [0.717, 1.165) is 25.8 Å². The second kappa shape index (κ2) is 7.21. The van der Waals surface area contributed by atoms with Crippen molar-refractivity contribution in [1.82, 2.24) is 14.7 Å². The first-order chi connectivity index (χ1) is 10.1. The van der Waals surface area contributed by atoms with Gasteiger partial charge >= 0.3 is 5.97 Å². The Bertz CT molecular complexity index is 500. The maximum absolute atomic E-state index is 12.1. The summed E-state index contributed by atoms with van der Waals surface area (Å²) < 4.78 is 1.74. The van der Waals surface area contributed by atoms with Gasteiger partial charge in [-0.2, -0.15) is 5.10 Å². The van der Waals surface area contributed by atoms with Gasteiger partial charge in [-0.3, -0.25) is 14.5 Å². The van der Waals surface area contributed by atoms with Crippen LogP contribution in [-0.4, -0.2) is 50.8 Å². The summed E-state index contributed by atoms with van der Waals surface area (Å²) in [5.41, 5.74) is 0. The largest absolute Gasteiger partial charge is 0.480 e. The summed E-state index contributed by atoms with van der Waals surface area (Å²) >= 11 is 0. The number of carboxylic acids is 1. The number of carbonyl (C=O) groups excluding carboxylic acids is 1. The molecule has 0 aromatic carbocycles. The Morgan fingerprint density at radius 2 is 2.29 bits per heavy atom. The Kier molecular flexibility index (Phi) is 5.32. The van der Waals surface area contributed by atoms with Gasteiger partial charge in [-0.1, -0.05) is 13.3 Å². The molecule has 1 atom stereocenters. The Morgan fingerprint density at radius 3 is 3.00 bits per heavy atom. The molecular weight excluding hydrogens is 272 g/mol. The van der Waals surface area contributed by atoms with Crippen LogP contribution in [0.5, 0.6) is 0 Å². The third-order valence-electron chi connectivity index (χ3n) is 3.66. The number of likely N-dealkylation sites (tertiary alicyclic amines) is 1. The average molecular weight is 294 g/mol. The van der Waals surface area contributed by atoms with Crippen LogP contribution in [0.4, 0.5) is 5.82 Å². The van der Waals surface area contributed by atoms with Crippen LogP contribution in [0, 0.1) is 0 Å². The maximum Gasteiger partial charge on any atom is 0.320 e. The van der Waals surface area contributed by atoms with E-state index in [1.165, 1.54) is 0 Å². The van der Waals surface area contributed by atoms with E-state index in [-0.39, 0.29) is 12.5 Å². The summed E-state index contributed by atoms with van der Waals surface area (Å²) in [6.07, 6.45) is 5.02. The molecule has 0 spiro atoms. The monoisotopic (exact) mass is 294 g/mol. The van der Waals surface area contributed by atoms with Gasteiger partial charge in [-0.25, -0.2) is 4.68 Å². The maximum atomic E-state index is 12.1. The number of hydrogen-bond donors (Lipinski definition) is 2. The zero-order chi connectivity index (χ0) is 15.2. The lowest BCUT2D eigenvalue weighted by Crippen LogP contribution is -2.47. The van der Waals surface area contributed by atoms with Gasteiger partial charge in [0.25, 0.3) is 0 Å². The summed E-state index contributed by atoms with van der Waals surface area (Å²) in [4.78, 5) is 25.1. The van der Waals surface area contributed by atoms with Gasteiger partial charge in [0.1, 0.15) is 11.9 Å². The highest BCUT2D eigenvalue weighted by Crippen LogP contribution is 2.17. The molecule has 1 aromatic heterocycles. The lowest BCUT2D eigenvalue weighted by atomic mass is 10.0. The van der Waals surface area contributed by atoms with Crippen LogP contribution in [0.25, 0.3) is 0 Å². The van der Waals surface area contributed by atoms with Crippen LogP contribution in [0.1, 0.15) is 32.6 Å². The number of anilines is 1. The van der Waals surface area contributed by atoms with Gasteiger partial charge in [-0.05, 0) is 25.8 Å². The zero-order valence-corrected chi connectivity index (χ0v) is 12.3. The molecular formula is C14H22N4O3. The third-order valence-corrected chi connectivity index (χ3v) is 3.66. The van der Waals surface area contributed by atoms with E-state index in [4.69, 9.17) is 0 Å². The van der Waals surface area contributed by atoms with E-state index < -0.39 is 12.0 Å². The molecule has 1 aromatic rings. The van der Waals surface area contributed by atoms with E-state index >= 15 is 0 Å². The molecule has 7 nitrogen and oxygen atoms in total. The molecule has 2 N–H and O–H groups in total. The highest BCUT2D eigenvalue weighted by Gasteiger charge is 2.29. The van der Waals surface area contributed by atoms with Crippen molar-refractivity contribution in [2.75, 3.05) is 18.4 Å². The Morgan fingerprint density at radius 1 is 1.48 bits per heavy atom. The van der Waals surface area contributed by atoms with Crippen molar-refractivity contribution in [3.8, 4) is 0 Å². The fourth-order valence-electron chi connectivity index (χ4n) is 2.66. The van der Waals surface area contributed by atoms with E-state index in [1.54, 1.807) is 21.8 Å². The van der Waals surface area contributed by atoms with E-state index in [2.05, 4.69) is 10.4 Å². The number of nitrogens with zero attached hydrogens (tertiary/aromatic N) is 3. The minimum atomic E-state index is -0.849. The third kappa shape index (κ3) is 4.04. The molecule has 116 valence electrons. The quantitative estimate of drug-likeness (QED) is 0.822. The van der Waals surface area contributed by atoms with Crippen LogP contribution >= 0.6 is 0 Å². The van der Waals surface area contributed by atoms with Crippen molar-refractivity contribution in [1.29, 1.82) is 0 Å². The van der Waals surface area contributed by atoms with Crippen molar-refractivity contribution in [3.05, 3.63) is 12.3 Å². The van der Waals surface area contributed by atoms with Crippen LogP contribution in [0.3, 0.4) is 0 Å². The fraction of sp³-hybridized carbons (Fsp3) is 0.643. The topological polar surface area (TPSA) is 87.5 Å². The normalized spacial score (nSPS) is 19.4. The fourth-order valence-corrected chi connectivity index (χ4v) is 2.66. The molecule has 7 heteroatoms. The van der Waals surface area contributed by atoms with Crippen molar-refractivity contribution in [2.45, 2.75) is 45.2 Å². The Balaban J connectivity index is 1.94. The van der Waals surface area contributed by atoms with Gasteiger partial charge in [-0.15, -0.1) is 0 Å². The number of amides is 1. The summed E-state index contributed by atoms with van der Waals surface area (Å²) in [6, 6.07) is 1.20. The molecule has 0 radical (unpaired) electrons. The molecule has 2 rings (SSSR count). The highest BCUT2D eigenvalue weighted by molar-refractivity contribution is 5.91. The van der Waals surface area contributed by atoms with Crippen molar-refractivity contribution >= 4 is 17.7 Å². The average Bonchev–Trinajstić information content (AvgIpc) is 2.86. The molecule has 1 unspecified atom stereocenters. The van der Waals surface area contributed by atoms with E-state index in [1.807, 2.05) is 6.92 Å². The molecule has 0 saturated carbocycles. The van der Waals surface area contributed by atoms with E-state index in [0.29, 0.717) is 18.8 Å². The molecule has 1 aliphatic rings. The number of carbonyl (C=O) groups is 2. The summed E-state index contributed by atoms with van der Waals surface area (Å²) in [5, 5.41) is 16.2. The molecule has 1 fully saturated rings. The summed E-state index contributed by atoms with van der Waals surface area (Å²) in [7, 11) is 0. The van der Waals surface area contributed by atoms with Crippen LogP contribution in [0.15, 0.2) is 12.3 Å². The number of nitrogens with one attached hydrogen (secondary N) is 1. The van der Waals surface area contributed by atoms with Crippen LogP contribution < -0.4 is 5.32 Å². The standard InChI is InChI=1S/C14H22N4O3/c1-2-8-18-12(6-7-15-18)16-13(19)10-17-9-4-3-5-11(17)14(20)21/h6-7,11H,2-5,8-10H2,1H3,(H,16,19)(H,20,21). The van der Waals surface area contributed by atoms with Crippen LogP contribution in [0.2, 0.25) is 0 Å². The predicted octanol–water partition coefficient (Wildman–Crippen LogP) is 1.17. The number of hydrogen-bond acceptors (Lipinski definition) is 4. The zero-order valence-electron chi connectivity index (χ0n) is 12.3. The lowest BCUT2D eigenvalue weighted by molar-refractivity contribution is -0.145. The number of aryl methyl sites for hydroxylation is 1. The van der Waals surface area contributed by atoms with Gasteiger partial charge in [0.15, 0.2) is 0 Å². The smallest absolute Gasteiger partial charge is 0.320 e. The number of rotatable bonds is 6. The molecule has 0 aliphatic carbocycles. The van der Waals surface area contributed by atoms with Gasteiger partial charge < -0.3 is 10.4 Å². The van der Waals surface area contributed by atoms with Crippen LogP contribution in [-0.2, 0) is 16.1 Å². The number of carboxylic acid groups (broad SMARTS) is 1. The lowest BCUT2D eigenvalue weighted by Gasteiger charge is -2.32. The molecule has 21 heavy (non-hydrogen) atoms. The summed E-state index contributed by atoms with van der Waals surface area (Å²) in [5.74, 6) is -0.384. The summed E-state index contributed by atoms with van der Waals surface area (Å²) in [6.45, 7) is 3.54. The predicted molar refractivity (Wildman–Crippen MR) is 78.0 cm³/mol. The van der Waals surface area contributed by atoms with Crippen molar-refractivity contribution in [3.63, 3.8) is 0 Å². The van der Waals surface area contributed by atoms with Gasteiger partial charge in [0.05, 0.1) is 12.7 Å². The highest BCUT2D eigenvalue weighted by atomic mass is 16.4. The second-order valence-corrected chi connectivity index (χ2v) is 5.31. The number of aromatic nitrogens is 2. The van der Waals surface area contributed by atoms with Crippen molar-refractivity contribution < 1.29 is 14.7 Å². The molecule has 1 aliphatic heterocycles. The Hall–Kier alpha value is -1.89. The van der Waals surface area contributed by atoms with Gasteiger partial charge in [0, 0.05) is 12.6 Å². The SMILES string of the molecule is CCCn1nccc1NC(=O)CN1CCCCC1C(=O)O. The first-order valence-electron chi connectivity index (χ1n) is 7.40. The molecule has 1 amide bonds. The molecule has 1 saturated heterocycles. The van der Waals surface area contributed by atoms with E-state index in [9.17, 15) is 14.7 Å². The minimum absolute atomic E-state index is 0.105. The molecule has 0 bridgehead atoms. The minimum Gasteiger partial charge on any atom is -0.480 e. The second-order valence-electron chi connectivity index (χ2n) is 5.31.